The van der Waals surface area contributed by atoms with Crippen LogP contribution in [-0.2, 0) is 9.59 Å². The number of carbonyl (C=O) groups excluding carboxylic acids is 2. The molecule has 2 amide bonds. The monoisotopic (exact) mass is 322 g/mol. The Balaban J connectivity index is 1.86. The molecule has 128 valence electrons. The molecule has 1 fully saturated rings. The Labute approximate surface area is 137 Å². The molecule has 1 atom stereocenters. The van der Waals surface area contributed by atoms with Gasteiger partial charge in [0.25, 0.3) is 0 Å². The maximum Gasteiger partial charge on any atom is 0.243 e. The highest BCUT2D eigenvalue weighted by Crippen LogP contribution is 2.19. The van der Waals surface area contributed by atoms with Crippen LogP contribution in [0.25, 0.3) is 0 Å². The third kappa shape index (κ3) is 4.31. The van der Waals surface area contributed by atoms with Gasteiger partial charge in [0.2, 0.25) is 17.7 Å². The lowest BCUT2D eigenvalue weighted by molar-refractivity contribution is -0.141. The third-order valence-electron chi connectivity index (χ3n) is 4.04. The van der Waals surface area contributed by atoms with E-state index in [-0.39, 0.29) is 23.3 Å². The van der Waals surface area contributed by atoms with Crippen LogP contribution in [0.15, 0.2) is 10.6 Å². The Kier molecular flexibility index (Phi) is 5.09. The zero-order valence-corrected chi connectivity index (χ0v) is 14.5. The minimum atomic E-state index is -0.366. The number of amides is 2. The van der Waals surface area contributed by atoms with E-state index in [4.69, 9.17) is 4.52 Å². The molecule has 0 aliphatic carbocycles. The number of rotatable bonds is 3. The summed E-state index contributed by atoms with van der Waals surface area (Å²) in [5, 5.41) is 6.47. The smallest absolute Gasteiger partial charge is 0.243 e. The maximum atomic E-state index is 12.3. The summed E-state index contributed by atoms with van der Waals surface area (Å²) in [5.41, 5.74) is 0.359. The minimum Gasteiger partial charge on any atom is -0.340 e. The Hall–Kier alpha value is -1.89. The van der Waals surface area contributed by atoms with Crippen molar-refractivity contribution in [3.05, 3.63) is 11.8 Å². The average molecular weight is 322 g/mol. The molecule has 1 aromatic rings. The van der Waals surface area contributed by atoms with Crippen molar-refractivity contribution in [1.82, 2.24) is 15.0 Å². The van der Waals surface area contributed by atoms with E-state index in [2.05, 4.69) is 15.4 Å². The molecule has 1 saturated heterocycles. The molecule has 0 aromatic carbocycles. The lowest BCUT2D eigenvalue weighted by Gasteiger charge is -2.39. The van der Waals surface area contributed by atoms with Gasteiger partial charge in [-0.05, 0) is 13.8 Å². The molecule has 1 aliphatic rings. The molecule has 1 aromatic heterocycles. The van der Waals surface area contributed by atoms with Crippen LogP contribution in [0.3, 0.4) is 0 Å². The van der Waals surface area contributed by atoms with Crippen molar-refractivity contribution >= 4 is 17.7 Å². The molecule has 2 heterocycles. The zero-order valence-electron chi connectivity index (χ0n) is 14.5. The van der Waals surface area contributed by atoms with E-state index in [1.165, 1.54) is 0 Å². The number of piperazine rings is 1. The van der Waals surface area contributed by atoms with Gasteiger partial charge in [-0.15, -0.1) is 0 Å². The molecule has 1 N–H and O–H groups in total. The second-order valence-corrected chi connectivity index (χ2v) is 7.08. The van der Waals surface area contributed by atoms with Crippen LogP contribution in [0.4, 0.5) is 5.88 Å². The lowest BCUT2D eigenvalue weighted by atomic mass is 9.94. The number of hydrogen-bond acceptors (Lipinski definition) is 5. The normalized spacial score (nSPS) is 17.9. The van der Waals surface area contributed by atoms with Crippen LogP contribution < -0.4 is 5.32 Å². The van der Waals surface area contributed by atoms with Crippen LogP contribution in [0.5, 0.6) is 0 Å². The third-order valence-corrected chi connectivity index (χ3v) is 4.04. The summed E-state index contributed by atoms with van der Waals surface area (Å²) in [5.74, 6) is 0.393. The fourth-order valence-electron chi connectivity index (χ4n) is 2.60. The van der Waals surface area contributed by atoms with Gasteiger partial charge >= 0.3 is 0 Å². The van der Waals surface area contributed by atoms with Crippen LogP contribution in [0, 0.1) is 12.3 Å². The fraction of sp³-hybridized carbons (Fsp3) is 0.688. The van der Waals surface area contributed by atoms with Crippen molar-refractivity contribution in [2.75, 3.05) is 31.5 Å². The van der Waals surface area contributed by atoms with Gasteiger partial charge in [0.15, 0.2) is 0 Å². The Morgan fingerprint density at radius 2 is 1.87 bits per heavy atom. The number of hydrogen-bond donors (Lipinski definition) is 1. The Morgan fingerprint density at radius 1 is 1.26 bits per heavy atom. The summed E-state index contributed by atoms with van der Waals surface area (Å²) in [6.07, 6.45) is 0. The van der Waals surface area contributed by atoms with E-state index in [1.54, 1.807) is 13.0 Å². The van der Waals surface area contributed by atoms with Crippen LogP contribution in [0.1, 0.15) is 33.4 Å². The molecule has 23 heavy (non-hydrogen) atoms. The number of anilines is 1. The van der Waals surface area contributed by atoms with E-state index in [0.717, 1.165) is 5.69 Å². The predicted molar refractivity (Wildman–Crippen MR) is 86.9 cm³/mol. The van der Waals surface area contributed by atoms with Gasteiger partial charge in [0.05, 0.1) is 11.7 Å². The fourth-order valence-corrected chi connectivity index (χ4v) is 2.60. The zero-order chi connectivity index (χ0) is 17.2. The Bertz CT molecular complexity index is 568. The molecule has 2 rings (SSSR count). The number of aryl methyl sites for hydroxylation is 1. The molecular formula is C16H26N4O3. The first-order chi connectivity index (χ1) is 10.7. The first-order valence-electron chi connectivity index (χ1n) is 7.96. The highest BCUT2D eigenvalue weighted by atomic mass is 16.5. The van der Waals surface area contributed by atoms with Crippen LogP contribution in [0.2, 0.25) is 0 Å². The topological polar surface area (TPSA) is 78.7 Å². The second kappa shape index (κ2) is 6.70. The molecule has 7 heteroatoms. The highest BCUT2D eigenvalue weighted by molar-refractivity contribution is 5.93. The molecule has 1 unspecified atom stereocenters. The largest absolute Gasteiger partial charge is 0.340 e. The summed E-state index contributed by atoms with van der Waals surface area (Å²) in [4.78, 5) is 28.5. The molecule has 0 bridgehead atoms. The predicted octanol–water partition coefficient (Wildman–Crippen LogP) is 1.50. The van der Waals surface area contributed by atoms with Gasteiger partial charge in [-0.25, -0.2) is 0 Å². The van der Waals surface area contributed by atoms with Gasteiger partial charge < -0.3 is 9.42 Å². The van der Waals surface area contributed by atoms with Crippen molar-refractivity contribution in [1.29, 1.82) is 0 Å². The number of carbonyl (C=O) groups is 2. The SMILES string of the molecule is Cc1cc(NC(=O)C(C)N2CCN(C(=O)C(C)(C)C)CC2)on1. The molecule has 0 saturated carbocycles. The van der Waals surface area contributed by atoms with E-state index in [9.17, 15) is 9.59 Å². The average Bonchev–Trinajstić information content (AvgIpc) is 2.90. The van der Waals surface area contributed by atoms with Crippen molar-refractivity contribution in [2.24, 2.45) is 5.41 Å². The molecule has 1 aliphatic heterocycles. The van der Waals surface area contributed by atoms with Crippen LogP contribution >= 0.6 is 0 Å². The lowest BCUT2D eigenvalue weighted by Crippen LogP contribution is -2.55. The van der Waals surface area contributed by atoms with Crippen molar-refractivity contribution < 1.29 is 14.1 Å². The first-order valence-corrected chi connectivity index (χ1v) is 7.96. The molecular weight excluding hydrogens is 296 g/mol. The summed E-state index contributed by atoms with van der Waals surface area (Å²) < 4.78 is 5.01. The molecule has 7 nitrogen and oxygen atoms in total. The number of nitrogens with zero attached hydrogens (tertiary/aromatic N) is 3. The van der Waals surface area contributed by atoms with Crippen LogP contribution in [-0.4, -0.2) is 59.0 Å². The highest BCUT2D eigenvalue weighted by Gasteiger charge is 2.32. The quantitative estimate of drug-likeness (QED) is 0.912. The summed E-state index contributed by atoms with van der Waals surface area (Å²) in [6, 6.07) is 1.40. The summed E-state index contributed by atoms with van der Waals surface area (Å²) in [7, 11) is 0. The molecule has 0 spiro atoms. The van der Waals surface area contributed by atoms with E-state index in [1.807, 2.05) is 32.6 Å². The van der Waals surface area contributed by atoms with E-state index in [0.29, 0.717) is 32.1 Å². The minimum absolute atomic E-state index is 0.128. The molecule has 0 radical (unpaired) electrons. The van der Waals surface area contributed by atoms with Gasteiger partial charge in [-0.3, -0.25) is 19.8 Å². The van der Waals surface area contributed by atoms with Crippen molar-refractivity contribution in [2.45, 2.75) is 40.7 Å². The summed E-state index contributed by atoms with van der Waals surface area (Å²) in [6.45, 7) is 12.1. The first kappa shape index (κ1) is 17.5. The van der Waals surface area contributed by atoms with Gasteiger partial charge in [-0.2, -0.15) is 0 Å². The summed E-state index contributed by atoms with van der Waals surface area (Å²) >= 11 is 0. The second-order valence-electron chi connectivity index (χ2n) is 7.08. The number of nitrogens with one attached hydrogen (secondary N) is 1. The van der Waals surface area contributed by atoms with Gasteiger partial charge in [0, 0.05) is 37.7 Å². The van der Waals surface area contributed by atoms with Crippen molar-refractivity contribution in [3.8, 4) is 0 Å². The van der Waals surface area contributed by atoms with Gasteiger partial charge in [-0.1, -0.05) is 25.9 Å². The van der Waals surface area contributed by atoms with Crippen molar-refractivity contribution in [3.63, 3.8) is 0 Å². The van der Waals surface area contributed by atoms with E-state index >= 15 is 0 Å². The van der Waals surface area contributed by atoms with Gasteiger partial charge in [0.1, 0.15) is 0 Å². The Morgan fingerprint density at radius 3 is 2.35 bits per heavy atom. The van der Waals surface area contributed by atoms with E-state index < -0.39 is 0 Å². The maximum absolute atomic E-state index is 12.3. The number of aromatic nitrogens is 1. The standard InChI is InChI=1S/C16H26N4O3/c1-11-10-13(23-18-11)17-14(21)12(2)19-6-8-20(9-7-19)15(22)16(3,4)5/h10,12H,6-9H2,1-5H3,(H,17,21).